The zero-order valence-corrected chi connectivity index (χ0v) is 12.1. The predicted molar refractivity (Wildman–Crippen MR) is 74.7 cm³/mol. The largest absolute Gasteiger partial charge is 0.455 e. The summed E-state index contributed by atoms with van der Waals surface area (Å²) in [6.07, 6.45) is 2.61. The van der Waals surface area contributed by atoms with Crippen LogP contribution in [0.3, 0.4) is 0 Å². The molecule has 1 amide bonds. The third kappa shape index (κ3) is 4.27. The summed E-state index contributed by atoms with van der Waals surface area (Å²) in [5.41, 5.74) is 0.270. The number of amides is 1. The van der Waals surface area contributed by atoms with Crippen molar-refractivity contribution in [1.82, 2.24) is 0 Å². The number of nitrogens with one attached hydrogen (secondary N) is 1. The van der Waals surface area contributed by atoms with Crippen molar-refractivity contribution in [1.29, 1.82) is 0 Å². The van der Waals surface area contributed by atoms with Crippen molar-refractivity contribution in [3.05, 3.63) is 24.3 Å². The monoisotopic (exact) mass is 312 g/mol. The molecule has 1 fully saturated rings. The van der Waals surface area contributed by atoms with Crippen LogP contribution in [0, 0.1) is 5.92 Å². The number of carbonyl (C=O) groups excluding carboxylic acids is 2. The molecule has 8 heteroatoms. The van der Waals surface area contributed by atoms with Gasteiger partial charge in [-0.25, -0.2) is 13.6 Å². The summed E-state index contributed by atoms with van der Waals surface area (Å²) in [7, 11) is -3.83. The molecule has 7 nitrogen and oxygen atoms in total. The van der Waals surface area contributed by atoms with Crippen LogP contribution in [0.5, 0.6) is 0 Å². The van der Waals surface area contributed by atoms with Crippen LogP contribution in [-0.4, -0.2) is 26.9 Å². The van der Waals surface area contributed by atoms with Crippen LogP contribution >= 0.6 is 0 Å². The molecule has 0 aromatic heterocycles. The van der Waals surface area contributed by atoms with E-state index in [1.54, 1.807) is 0 Å². The number of carbonyl (C=O) groups is 2. The average molecular weight is 312 g/mol. The lowest BCUT2D eigenvalue weighted by atomic mass is 9.86. The lowest BCUT2D eigenvalue weighted by Crippen LogP contribution is -2.28. The lowest BCUT2D eigenvalue weighted by Gasteiger charge is -2.22. The summed E-state index contributed by atoms with van der Waals surface area (Å²) in [6.45, 7) is -0.394. The smallest absolute Gasteiger partial charge is 0.309 e. The maximum atomic E-state index is 11.6. The average Bonchev–Trinajstić information content (AvgIpc) is 2.33. The summed E-state index contributed by atoms with van der Waals surface area (Å²) in [5.74, 6) is -0.993. The van der Waals surface area contributed by atoms with Gasteiger partial charge in [0, 0.05) is 5.69 Å². The fraction of sp³-hybridized carbons (Fsp3) is 0.385. The number of anilines is 1. The molecule has 0 spiro atoms. The number of benzene rings is 1. The molecule has 0 radical (unpaired) electrons. The van der Waals surface area contributed by atoms with Gasteiger partial charge in [-0.15, -0.1) is 0 Å². The first-order chi connectivity index (χ1) is 9.86. The molecule has 3 N–H and O–H groups in total. The van der Waals surface area contributed by atoms with Crippen LogP contribution in [0.25, 0.3) is 0 Å². The van der Waals surface area contributed by atoms with Gasteiger partial charge in [0.25, 0.3) is 5.91 Å². The van der Waals surface area contributed by atoms with Gasteiger partial charge in [0.05, 0.1) is 10.8 Å². The van der Waals surface area contributed by atoms with Crippen molar-refractivity contribution in [2.45, 2.75) is 24.2 Å². The molecule has 1 aromatic rings. The molecule has 2 rings (SSSR count). The number of rotatable bonds is 5. The van der Waals surface area contributed by atoms with Gasteiger partial charge in [-0.3, -0.25) is 9.59 Å². The van der Waals surface area contributed by atoms with E-state index in [9.17, 15) is 18.0 Å². The van der Waals surface area contributed by atoms with E-state index in [0.29, 0.717) is 0 Å². The molecule has 21 heavy (non-hydrogen) atoms. The second-order valence-electron chi connectivity index (χ2n) is 4.86. The number of hydrogen-bond acceptors (Lipinski definition) is 5. The first kappa shape index (κ1) is 15.5. The summed E-state index contributed by atoms with van der Waals surface area (Å²) in [5, 5.41) is 7.45. The molecule has 114 valence electrons. The lowest BCUT2D eigenvalue weighted by molar-refractivity contribution is -0.154. The SMILES string of the molecule is NS(=O)(=O)c1cccc(NC(=O)COC(=O)C2CCC2)c1. The van der Waals surface area contributed by atoms with E-state index < -0.39 is 22.5 Å². The third-order valence-corrected chi connectivity index (χ3v) is 4.14. The second kappa shape index (κ2) is 6.23. The van der Waals surface area contributed by atoms with E-state index >= 15 is 0 Å². The predicted octanol–water partition coefficient (Wildman–Crippen LogP) is 0.616. The Morgan fingerprint density at radius 2 is 2.05 bits per heavy atom. The van der Waals surface area contributed by atoms with Crippen molar-refractivity contribution in [3.8, 4) is 0 Å². The number of hydrogen-bond donors (Lipinski definition) is 2. The Hall–Kier alpha value is -1.93. The molecular formula is C13H16N2O5S. The van der Waals surface area contributed by atoms with Gasteiger partial charge in [-0.2, -0.15) is 0 Å². The van der Waals surface area contributed by atoms with Crippen molar-refractivity contribution >= 4 is 27.6 Å². The molecule has 1 aliphatic carbocycles. The Labute approximate surface area is 122 Å². The third-order valence-electron chi connectivity index (χ3n) is 3.23. The van der Waals surface area contributed by atoms with Gasteiger partial charge >= 0.3 is 5.97 Å². The van der Waals surface area contributed by atoms with Crippen molar-refractivity contribution in [2.75, 3.05) is 11.9 Å². The highest BCUT2D eigenvalue weighted by Crippen LogP contribution is 2.27. The summed E-state index contributed by atoms with van der Waals surface area (Å²) in [6, 6.07) is 5.53. The highest BCUT2D eigenvalue weighted by atomic mass is 32.2. The van der Waals surface area contributed by atoms with Gasteiger partial charge in [0.2, 0.25) is 10.0 Å². The Kier molecular flexibility index (Phi) is 4.59. The molecule has 0 bridgehead atoms. The highest BCUT2D eigenvalue weighted by Gasteiger charge is 2.27. The van der Waals surface area contributed by atoms with E-state index in [-0.39, 0.29) is 22.5 Å². The van der Waals surface area contributed by atoms with E-state index in [1.165, 1.54) is 24.3 Å². The van der Waals surface area contributed by atoms with Crippen LogP contribution < -0.4 is 10.5 Å². The standard InChI is InChI=1S/C13H16N2O5S/c14-21(18,19)11-6-2-5-10(7-11)15-12(16)8-20-13(17)9-3-1-4-9/h2,5-7,9H,1,3-4,8H2,(H,15,16)(H2,14,18,19). The number of esters is 1. The van der Waals surface area contributed by atoms with Crippen LogP contribution in [-0.2, 0) is 24.3 Å². The fourth-order valence-corrected chi connectivity index (χ4v) is 2.41. The first-order valence-corrected chi connectivity index (χ1v) is 8.00. The van der Waals surface area contributed by atoms with E-state index in [1.807, 2.05) is 0 Å². The van der Waals surface area contributed by atoms with Crippen LogP contribution in [0.4, 0.5) is 5.69 Å². The number of nitrogens with two attached hydrogens (primary N) is 1. The van der Waals surface area contributed by atoms with E-state index in [4.69, 9.17) is 9.88 Å². The second-order valence-corrected chi connectivity index (χ2v) is 6.42. The summed E-state index contributed by atoms with van der Waals surface area (Å²) >= 11 is 0. The van der Waals surface area contributed by atoms with E-state index in [0.717, 1.165) is 19.3 Å². The molecule has 0 unspecified atom stereocenters. The maximum absolute atomic E-state index is 11.6. The molecule has 0 atom stereocenters. The van der Waals surface area contributed by atoms with Crippen molar-refractivity contribution < 1.29 is 22.7 Å². The Morgan fingerprint density at radius 1 is 1.33 bits per heavy atom. The summed E-state index contributed by atoms with van der Waals surface area (Å²) in [4.78, 5) is 23.0. The quantitative estimate of drug-likeness (QED) is 0.773. The molecule has 1 aliphatic rings. The minimum atomic E-state index is -3.83. The normalized spacial score (nSPS) is 15.1. The molecule has 1 aromatic carbocycles. The van der Waals surface area contributed by atoms with Gasteiger partial charge in [0.1, 0.15) is 0 Å². The molecular weight excluding hydrogens is 296 g/mol. The van der Waals surface area contributed by atoms with Gasteiger partial charge < -0.3 is 10.1 Å². The number of sulfonamides is 1. The number of ether oxygens (including phenoxy) is 1. The molecule has 1 saturated carbocycles. The molecule has 0 aliphatic heterocycles. The van der Waals surface area contributed by atoms with Crippen molar-refractivity contribution in [2.24, 2.45) is 11.1 Å². The highest BCUT2D eigenvalue weighted by molar-refractivity contribution is 7.89. The minimum absolute atomic E-state index is 0.0940. The molecule has 0 saturated heterocycles. The van der Waals surface area contributed by atoms with Crippen LogP contribution in [0.15, 0.2) is 29.2 Å². The Bertz CT molecular complexity index is 652. The van der Waals surface area contributed by atoms with Crippen LogP contribution in [0.1, 0.15) is 19.3 Å². The Balaban J connectivity index is 1.89. The topological polar surface area (TPSA) is 116 Å². The Morgan fingerprint density at radius 3 is 2.62 bits per heavy atom. The zero-order valence-electron chi connectivity index (χ0n) is 11.2. The number of primary sulfonamides is 1. The first-order valence-electron chi connectivity index (χ1n) is 6.45. The van der Waals surface area contributed by atoms with Gasteiger partial charge in [-0.05, 0) is 31.0 Å². The van der Waals surface area contributed by atoms with Crippen LogP contribution in [0.2, 0.25) is 0 Å². The van der Waals surface area contributed by atoms with E-state index in [2.05, 4.69) is 5.32 Å². The molecule has 0 heterocycles. The van der Waals surface area contributed by atoms with Gasteiger partial charge in [-0.1, -0.05) is 12.5 Å². The minimum Gasteiger partial charge on any atom is -0.455 e. The van der Waals surface area contributed by atoms with Crippen molar-refractivity contribution in [3.63, 3.8) is 0 Å². The zero-order chi connectivity index (χ0) is 15.5. The maximum Gasteiger partial charge on any atom is 0.309 e. The van der Waals surface area contributed by atoms with Gasteiger partial charge in [0.15, 0.2) is 6.61 Å². The fourth-order valence-electron chi connectivity index (χ4n) is 1.85. The summed E-state index contributed by atoms with van der Waals surface area (Å²) < 4.78 is 27.3.